The van der Waals surface area contributed by atoms with Gasteiger partial charge in [-0.05, 0) is 30.7 Å². The maximum absolute atomic E-state index is 12.1. The van der Waals surface area contributed by atoms with Gasteiger partial charge < -0.3 is 14.5 Å². The van der Waals surface area contributed by atoms with Crippen molar-refractivity contribution in [2.45, 2.75) is 12.8 Å². The summed E-state index contributed by atoms with van der Waals surface area (Å²) in [7, 11) is 0. The molecule has 0 aliphatic carbocycles. The lowest BCUT2D eigenvalue weighted by atomic mass is 10.2. The first kappa shape index (κ1) is 20.5. The van der Waals surface area contributed by atoms with Crippen molar-refractivity contribution in [2.75, 3.05) is 18.5 Å². The van der Waals surface area contributed by atoms with Crippen LogP contribution in [-0.2, 0) is 11.2 Å². The summed E-state index contributed by atoms with van der Waals surface area (Å²) in [6.07, 6.45) is 3.97. The Morgan fingerprint density at radius 1 is 1.13 bits per heavy atom. The highest BCUT2D eigenvalue weighted by Gasteiger charge is 2.12. The molecule has 0 saturated heterocycles. The van der Waals surface area contributed by atoms with E-state index in [1.165, 1.54) is 17.6 Å². The molecule has 0 fully saturated rings. The van der Waals surface area contributed by atoms with E-state index in [0.717, 1.165) is 16.7 Å². The van der Waals surface area contributed by atoms with Crippen LogP contribution in [0.25, 0.3) is 10.9 Å². The van der Waals surface area contributed by atoms with Gasteiger partial charge in [0, 0.05) is 23.5 Å². The van der Waals surface area contributed by atoms with E-state index < -0.39 is 0 Å². The molecule has 2 N–H and O–H groups in total. The zero-order chi connectivity index (χ0) is 21.5. The second kappa shape index (κ2) is 9.86. The molecule has 4 aromatic rings. The average Bonchev–Trinajstić information content (AvgIpc) is 3.46. The standard InChI is InChI=1S/C22H20N4O4S/c27-19(13-16-14-31-22(25-16)26-21(28)18-8-3-11-30-18)23-10-4-12-29-17-7-1-5-15-6-2-9-24-20(15)17/h1-3,5-9,11,14H,4,10,12-13H2,(H,23,27)(H,25,26,28). The lowest BCUT2D eigenvalue weighted by Crippen LogP contribution is -2.27. The maximum Gasteiger partial charge on any atom is 0.293 e. The molecule has 8 nitrogen and oxygen atoms in total. The minimum absolute atomic E-state index is 0.138. The summed E-state index contributed by atoms with van der Waals surface area (Å²) in [6.45, 7) is 0.957. The molecule has 9 heteroatoms. The minimum Gasteiger partial charge on any atom is -0.491 e. The van der Waals surface area contributed by atoms with Crippen LogP contribution < -0.4 is 15.4 Å². The molecule has 0 unspecified atom stereocenters. The number of thiazole rings is 1. The molecule has 0 saturated carbocycles. The number of anilines is 1. The van der Waals surface area contributed by atoms with Crippen LogP contribution in [0.5, 0.6) is 5.75 Å². The van der Waals surface area contributed by atoms with E-state index in [2.05, 4.69) is 20.6 Å². The molecule has 0 aliphatic heterocycles. The van der Waals surface area contributed by atoms with Gasteiger partial charge in [0.25, 0.3) is 5.91 Å². The fourth-order valence-electron chi connectivity index (χ4n) is 2.91. The van der Waals surface area contributed by atoms with Gasteiger partial charge in [-0.1, -0.05) is 18.2 Å². The third kappa shape index (κ3) is 5.46. The topological polar surface area (TPSA) is 106 Å². The Kier molecular flexibility index (Phi) is 6.53. The second-order valence-electron chi connectivity index (χ2n) is 6.64. The van der Waals surface area contributed by atoms with Gasteiger partial charge in [-0.2, -0.15) is 0 Å². The van der Waals surface area contributed by atoms with E-state index in [4.69, 9.17) is 9.15 Å². The Labute approximate surface area is 182 Å². The van der Waals surface area contributed by atoms with Crippen LogP contribution in [0.3, 0.4) is 0 Å². The zero-order valence-electron chi connectivity index (χ0n) is 16.5. The number of ether oxygens (including phenoxy) is 1. The summed E-state index contributed by atoms with van der Waals surface area (Å²) in [5, 5.41) is 8.69. The lowest BCUT2D eigenvalue weighted by Gasteiger charge is -2.09. The predicted octanol–water partition coefficient (Wildman–Crippen LogP) is 3.66. The molecule has 0 bridgehead atoms. The zero-order valence-corrected chi connectivity index (χ0v) is 17.4. The number of pyridine rings is 1. The van der Waals surface area contributed by atoms with Crippen LogP contribution in [-0.4, -0.2) is 34.9 Å². The van der Waals surface area contributed by atoms with Crippen molar-refractivity contribution >= 4 is 39.2 Å². The van der Waals surface area contributed by atoms with Gasteiger partial charge in [-0.25, -0.2) is 4.98 Å². The Morgan fingerprint density at radius 2 is 2.03 bits per heavy atom. The fraction of sp³-hybridized carbons (Fsp3) is 0.182. The molecule has 158 valence electrons. The van der Waals surface area contributed by atoms with Crippen LogP contribution in [0.15, 0.2) is 64.7 Å². The number of fused-ring (bicyclic) bond motifs is 1. The van der Waals surface area contributed by atoms with E-state index in [0.29, 0.717) is 30.4 Å². The van der Waals surface area contributed by atoms with Crippen molar-refractivity contribution in [1.29, 1.82) is 0 Å². The van der Waals surface area contributed by atoms with E-state index in [1.54, 1.807) is 23.7 Å². The summed E-state index contributed by atoms with van der Waals surface area (Å²) >= 11 is 1.26. The molecule has 4 rings (SSSR count). The van der Waals surface area contributed by atoms with Crippen molar-refractivity contribution in [2.24, 2.45) is 0 Å². The number of hydrogen-bond acceptors (Lipinski definition) is 7. The van der Waals surface area contributed by atoms with E-state index in [1.807, 2.05) is 30.3 Å². The first-order valence-electron chi connectivity index (χ1n) is 9.71. The SMILES string of the molecule is O=C(Cc1csc(NC(=O)c2ccco2)n1)NCCCOc1cccc2cccnc12. The number of hydrogen-bond donors (Lipinski definition) is 2. The number of benzene rings is 1. The quantitative estimate of drug-likeness (QED) is 0.388. The number of carbonyl (C=O) groups is 2. The predicted molar refractivity (Wildman–Crippen MR) is 117 cm³/mol. The van der Waals surface area contributed by atoms with Crippen LogP contribution in [0.1, 0.15) is 22.7 Å². The number of nitrogens with zero attached hydrogens (tertiary/aromatic N) is 2. The second-order valence-corrected chi connectivity index (χ2v) is 7.49. The van der Waals surface area contributed by atoms with Gasteiger partial charge in [0.1, 0.15) is 11.3 Å². The smallest absolute Gasteiger partial charge is 0.293 e. The molecule has 0 spiro atoms. The molecular weight excluding hydrogens is 416 g/mol. The number of aromatic nitrogens is 2. The molecule has 0 radical (unpaired) electrons. The number of amides is 2. The number of carbonyl (C=O) groups excluding carboxylic acids is 2. The minimum atomic E-state index is -0.378. The van der Waals surface area contributed by atoms with E-state index in [9.17, 15) is 9.59 Å². The van der Waals surface area contributed by atoms with E-state index >= 15 is 0 Å². The first-order valence-corrected chi connectivity index (χ1v) is 10.6. The Hall–Kier alpha value is -3.72. The van der Waals surface area contributed by atoms with Gasteiger partial charge in [0.05, 0.1) is 25.0 Å². The van der Waals surface area contributed by atoms with Gasteiger partial charge in [-0.15, -0.1) is 11.3 Å². The Morgan fingerprint density at radius 3 is 2.90 bits per heavy atom. The molecule has 0 aliphatic rings. The molecule has 3 aromatic heterocycles. The normalized spacial score (nSPS) is 10.7. The summed E-state index contributed by atoms with van der Waals surface area (Å²) in [6, 6.07) is 12.9. The maximum atomic E-state index is 12.1. The highest BCUT2D eigenvalue weighted by atomic mass is 32.1. The number of rotatable bonds is 9. The van der Waals surface area contributed by atoms with Crippen molar-refractivity contribution in [3.8, 4) is 5.75 Å². The average molecular weight is 436 g/mol. The number of nitrogens with one attached hydrogen (secondary N) is 2. The largest absolute Gasteiger partial charge is 0.491 e. The van der Waals surface area contributed by atoms with E-state index in [-0.39, 0.29) is 24.0 Å². The van der Waals surface area contributed by atoms with Crippen LogP contribution >= 0.6 is 11.3 Å². The van der Waals surface area contributed by atoms with Crippen LogP contribution in [0.4, 0.5) is 5.13 Å². The van der Waals surface area contributed by atoms with Crippen LogP contribution in [0, 0.1) is 0 Å². The molecular formula is C22H20N4O4S. The molecule has 31 heavy (non-hydrogen) atoms. The third-order valence-corrected chi connectivity index (χ3v) is 5.16. The molecule has 0 atom stereocenters. The lowest BCUT2D eigenvalue weighted by molar-refractivity contribution is -0.120. The van der Waals surface area contributed by atoms with Crippen molar-refractivity contribution in [3.05, 3.63) is 71.8 Å². The van der Waals surface area contributed by atoms with Crippen LogP contribution in [0.2, 0.25) is 0 Å². The van der Waals surface area contributed by atoms with Gasteiger partial charge in [0.2, 0.25) is 5.91 Å². The molecule has 3 heterocycles. The first-order chi connectivity index (χ1) is 15.2. The Bertz CT molecular complexity index is 1170. The summed E-state index contributed by atoms with van der Waals surface area (Å²) in [4.78, 5) is 32.7. The van der Waals surface area contributed by atoms with Crippen molar-refractivity contribution in [3.63, 3.8) is 0 Å². The number of furan rings is 1. The number of para-hydroxylation sites is 1. The highest BCUT2D eigenvalue weighted by molar-refractivity contribution is 7.14. The summed E-state index contributed by atoms with van der Waals surface area (Å²) in [5.74, 6) is 0.421. The van der Waals surface area contributed by atoms with Crippen molar-refractivity contribution < 1.29 is 18.7 Å². The summed E-state index contributed by atoms with van der Waals surface area (Å²) in [5.41, 5.74) is 1.42. The summed E-state index contributed by atoms with van der Waals surface area (Å²) < 4.78 is 10.9. The van der Waals surface area contributed by atoms with Crippen molar-refractivity contribution in [1.82, 2.24) is 15.3 Å². The Balaban J connectivity index is 1.18. The third-order valence-electron chi connectivity index (χ3n) is 4.36. The fourth-order valence-corrected chi connectivity index (χ4v) is 3.62. The van der Waals surface area contributed by atoms with Gasteiger partial charge >= 0.3 is 0 Å². The van der Waals surface area contributed by atoms with Gasteiger partial charge in [0.15, 0.2) is 10.9 Å². The van der Waals surface area contributed by atoms with Gasteiger partial charge in [-0.3, -0.25) is 19.9 Å². The molecule has 2 amide bonds. The monoisotopic (exact) mass is 436 g/mol. The highest BCUT2D eigenvalue weighted by Crippen LogP contribution is 2.23. The molecule has 1 aromatic carbocycles.